The van der Waals surface area contributed by atoms with E-state index in [1.165, 1.54) is 5.56 Å². The van der Waals surface area contributed by atoms with Gasteiger partial charge in [-0.3, -0.25) is 4.68 Å². The number of nitrogens with zero attached hydrogens (tertiary/aromatic N) is 2. The van der Waals surface area contributed by atoms with Crippen molar-refractivity contribution in [1.29, 1.82) is 0 Å². The van der Waals surface area contributed by atoms with E-state index in [-0.39, 0.29) is 17.5 Å². The lowest BCUT2D eigenvalue weighted by Gasteiger charge is -2.35. The van der Waals surface area contributed by atoms with Crippen molar-refractivity contribution < 1.29 is 0 Å². The molecule has 2 N–H and O–H groups in total. The lowest BCUT2D eigenvalue weighted by atomic mass is 9.82. The van der Waals surface area contributed by atoms with Crippen molar-refractivity contribution in [2.75, 3.05) is 0 Å². The van der Waals surface area contributed by atoms with Gasteiger partial charge in [0.05, 0.1) is 12.2 Å². The van der Waals surface area contributed by atoms with Gasteiger partial charge in [-0.05, 0) is 17.4 Å². The van der Waals surface area contributed by atoms with Gasteiger partial charge in [0, 0.05) is 17.8 Å². The molecule has 0 spiro atoms. The molecule has 108 valence electrons. The van der Waals surface area contributed by atoms with Crippen LogP contribution in [-0.2, 0) is 0 Å². The topological polar surface area (TPSA) is 43.8 Å². The SMILES string of the molecule is CCC(N)C(n1cc(-c2ccccc2)cn1)C(C)(C)C. The fraction of sp³-hybridized carbons (Fsp3) is 0.471. The minimum Gasteiger partial charge on any atom is -0.326 e. The van der Waals surface area contributed by atoms with E-state index >= 15 is 0 Å². The Labute approximate surface area is 121 Å². The molecular formula is C17H25N3. The van der Waals surface area contributed by atoms with Crippen molar-refractivity contribution in [1.82, 2.24) is 9.78 Å². The van der Waals surface area contributed by atoms with E-state index < -0.39 is 0 Å². The van der Waals surface area contributed by atoms with Crippen LogP contribution in [0.3, 0.4) is 0 Å². The molecule has 3 heteroatoms. The highest BCUT2D eigenvalue weighted by Gasteiger charge is 2.31. The lowest BCUT2D eigenvalue weighted by molar-refractivity contribution is 0.186. The quantitative estimate of drug-likeness (QED) is 0.917. The summed E-state index contributed by atoms with van der Waals surface area (Å²) < 4.78 is 2.04. The van der Waals surface area contributed by atoms with Crippen molar-refractivity contribution in [3.05, 3.63) is 42.7 Å². The maximum absolute atomic E-state index is 6.32. The minimum absolute atomic E-state index is 0.0788. The minimum atomic E-state index is 0.0788. The van der Waals surface area contributed by atoms with Gasteiger partial charge in [0.25, 0.3) is 0 Å². The summed E-state index contributed by atoms with van der Waals surface area (Å²) >= 11 is 0. The summed E-state index contributed by atoms with van der Waals surface area (Å²) in [5.74, 6) is 0. The third-order valence-corrected chi connectivity index (χ3v) is 3.76. The molecule has 0 saturated heterocycles. The van der Waals surface area contributed by atoms with Gasteiger partial charge >= 0.3 is 0 Å². The second-order valence-corrected chi connectivity index (χ2v) is 6.46. The van der Waals surface area contributed by atoms with Crippen molar-refractivity contribution in [3.8, 4) is 11.1 Å². The largest absolute Gasteiger partial charge is 0.326 e. The third-order valence-electron chi connectivity index (χ3n) is 3.76. The van der Waals surface area contributed by atoms with Crippen LogP contribution in [0.25, 0.3) is 11.1 Å². The molecular weight excluding hydrogens is 246 g/mol. The molecule has 20 heavy (non-hydrogen) atoms. The zero-order valence-corrected chi connectivity index (χ0v) is 12.9. The number of nitrogens with two attached hydrogens (primary N) is 1. The molecule has 2 rings (SSSR count). The van der Waals surface area contributed by atoms with E-state index in [9.17, 15) is 0 Å². The fourth-order valence-electron chi connectivity index (χ4n) is 2.73. The smallest absolute Gasteiger partial charge is 0.0718 e. The summed E-state index contributed by atoms with van der Waals surface area (Å²) in [6.07, 6.45) is 4.99. The molecule has 2 atom stereocenters. The van der Waals surface area contributed by atoms with E-state index in [1.807, 2.05) is 29.1 Å². The Bertz CT molecular complexity index is 537. The van der Waals surface area contributed by atoms with Gasteiger partial charge in [0.15, 0.2) is 0 Å². The van der Waals surface area contributed by atoms with E-state index in [2.05, 4.69) is 51.1 Å². The van der Waals surface area contributed by atoms with Crippen LogP contribution in [0.1, 0.15) is 40.2 Å². The molecule has 0 saturated carbocycles. The number of hydrogen-bond acceptors (Lipinski definition) is 2. The first-order valence-corrected chi connectivity index (χ1v) is 7.28. The summed E-state index contributed by atoms with van der Waals surface area (Å²) in [6.45, 7) is 8.79. The fourth-order valence-corrected chi connectivity index (χ4v) is 2.73. The molecule has 2 aromatic rings. The molecule has 0 bridgehead atoms. The number of benzene rings is 1. The average molecular weight is 271 g/mol. The van der Waals surface area contributed by atoms with Crippen LogP contribution in [0.15, 0.2) is 42.7 Å². The van der Waals surface area contributed by atoms with E-state index in [1.54, 1.807) is 0 Å². The van der Waals surface area contributed by atoms with Crippen LogP contribution < -0.4 is 5.73 Å². The maximum atomic E-state index is 6.32. The third kappa shape index (κ3) is 3.10. The molecule has 1 aromatic heterocycles. The molecule has 1 aromatic carbocycles. The first-order chi connectivity index (χ1) is 9.43. The first-order valence-electron chi connectivity index (χ1n) is 7.28. The van der Waals surface area contributed by atoms with Crippen molar-refractivity contribution in [2.45, 2.75) is 46.2 Å². The van der Waals surface area contributed by atoms with Crippen LogP contribution in [0, 0.1) is 5.41 Å². The Morgan fingerprint density at radius 3 is 2.35 bits per heavy atom. The molecule has 3 nitrogen and oxygen atoms in total. The summed E-state index contributed by atoms with van der Waals surface area (Å²) in [4.78, 5) is 0. The van der Waals surface area contributed by atoms with Crippen LogP contribution >= 0.6 is 0 Å². The summed E-state index contributed by atoms with van der Waals surface area (Å²) in [7, 11) is 0. The van der Waals surface area contributed by atoms with Gasteiger partial charge in [-0.2, -0.15) is 5.10 Å². The highest BCUT2D eigenvalue weighted by Crippen LogP contribution is 2.34. The Morgan fingerprint density at radius 2 is 1.80 bits per heavy atom. The second-order valence-electron chi connectivity index (χ2n) is 6.46. The molecule has 0 amide bonds. The number of hydrogen-bond donors (Lipinski definition) is 1. The van der Waals surface area contributed by atoms with Gasteiger partial charge in [-0.25, -0.2) is 0 Å². The summed E-state index contributed by atoms with van der Waals surface area (Å²) in [5.41, 5.74) is 8.73. The summed E-state index contributed by atoms with van der Waals surface area (Å²) in [6, 6.07) is 10.6. The predicted molar refractivity (Wildman–Crippen MR) is 84.4 cm³/mol. The monoisotopic (exact) mass is 271 g/mol. The molecule has 0 aliphatic heterocycles. The first kappa shape index (κ1) is 14.8. The van der Waals surface area contributed by atoms with Crippen molar-refractivity contribution in [2.24, 2.45) is 11.1 Å². The van der Waals surface area contributed by atoms with Gasteiger partial charge in [-0.15, -0.1) is 0 Å². The second kappa shape index (κ2) is 5.80. The maximum Gasteiger partial charge on any atom is 0.0718 e. The Balaban J connectivity index is 2.35. The van der Waals surface area contributed by atoms with Crippen LogP contribution in [0.2, 0.25) is 0 Å². The lowest BCUT2D eigenvalue weighted by Crippen LogP contribution is -2.40. The molecule has 2 unspecified atom stereocenters. The van der Waals surface area contributed by atoms with E-state index in [0.717, 1.165) is 12.0 Å². The Morgan fingerprint density at radius 1 is 1.15 bits per heavy atom. The number of rotatable bonds is 4. The van der Waals surface area contributed by atoms with Crippen LogP contribution in [0.5, 0.6) is 0 Å². The molecule has 0 radical (unpaired) electrons. The van der Waals surface area contributed by atoms with Gasteiger partial charge < -0.3 is 5.73 Å². The Kier molecular flexibility index (Phi) is 4.29. The van der Waals surface area contributed by atoms with Crippen molar-refractivity contribution in [3.63, 3.8) is 0 Å². The van der Waals surface area contributed by atoms with Crippen molar-refractivity contribution >= 4 is 0 Å². The highest BCUT2D eigenvalue weighted by molar-refractivity contribution is 5.61. The van der Waals surface area contributed by atoms with E-state index in [4.69, 9.17) is 5.73 Å². The van der Waals surface area contributed by atoms with Crippen LogP contribution in [-0.4, -0.2) is 15.8 Å². The van der Waals surface area contributed by atoms with Gasteiger partial charge in [0.2, 0.25) is 0 Å². The summed E-state index contributed by atoms with van der Waals surface area (Å²) in [5, 5.41) is 4.57. The number of aromatic nitrogens is 2. The van der Waals surface area contributed by atoms with E-state index in [0.29, 0.717) is 0 Å². The highest BCUT2D eigenvalue weighted by atomic mass is 15.3. The van der Waals surface area contributed by atoms with Gasteiger partial charge in [0.1, 0.15) is 0 Å². The normalized spacial score (nSPS) is 15.1. The zero-order valence-electron chi connectivity index (χ0n) is 12.9. The van der Waals surface area contributed by atoms with Crippen LogP contribution in [0.4, 0.5) is 0 Å². The zero-order chi connectivity index (χ0) is 14.8. The van der Waals surface area contributed by atoms with Gasteiger partial charge in [-0.1, -0.05) is 58.0 Å². The standard InChI is InChI=1S/C17H25N3/c1-5-15(18)16(17(2,3)4)20-12-14(11-19-20)13-9-7-6-8-10-13/h6-12,15-16H,5,18H2,1-4H3. The molecule has 1 heterocycles. The average Bonchev–Trinajstić information content (AvgIpc) is 2.87. The Hall–Kier alpha value is -1.61. The predicted octanol–water partition coefficient (Wildman–Crippen LogP) is 3.87. The molecule has 0 fully saturated rings. The molecule has 0 aliphatic carbocycles. The molecule has 0 aliphatic rings.